The lowest BCUT2D eigenvalue weighted by Crippen LogP contribution is -2.32. The molecule has 21 heavy (non-hydrogen) atoms. The Balaban J connectivity index is 2.27. The van der Waals surface area contributed by atoms with Crippen LogP contribution in [0.15, 0.2) is 41.6 Å². The van der Waals surface area contributed by atoms with Crippen molar-refractivity contribution in [1.29, 1.82) is 0 Å². The Morgan fingerprint density at radius 1 is 1.29 bits per heavy atom. The van der Waals surface area contributed by atoms with E-state index in [1.54, 1.807) is 0 Å². The van der Waals surface area contributed by atoms with E-state index in [1.165, 1.54) is 10.5 Å². The summed E-state index contributed by atoms with van der Waals surface area (Å²) in [7, 11) is -3.57. The Labute approximate surface area is 133 Å². The van der Waals surface area contributed by atoms with Crippen LogP contribution in [0.25, 0.3) is 0 Å². The number of nitrogens with one attached hydrogen (secondary N) is 1. The number of alkyl halides is 1. The topological polar surface area (TPSA) is 66.1 Å². The molecule has 114 valence electrons. The lowest BCUT2D eigenvalue weighted by molar-refractivity contribution is 0.424. The fourth-order valence-electron chi connectivity index (χ4n) is 1.96. The van der Waals surface area contributed by atoms with Gasteiger partial charge in [0.05, 0.1) is 6.20 Å². The maximum absolute atomic E-state index is 12.7. The molecule has 0 saturated heterocycles. The van der Waals surface area contributed by atoms with Crippen LogP contribution >= 0.6 is 15.9 Å². The van der Waals surface area contributed by atoms with Gasteiger partial charge in [0.15, 0.2) is 5.03 Å². The predicted octanol–water partition coefficient (Wildman–Crippen LogP) is 2.56. The van der Waals surface area contributed by atoms with Gasteiger partial charge in [0.2, 0.25) is 0 Å². The number of sulfonamides is 1. The molecular formula is C14H18BrN3O2S. The van der Waals surface area contributed by atoms with Crippen LogP contribution in [0.3, 0.4) is 0 Å². The highest BCUT2D eigenvalue weighted by Gasteiger charge is 2.26. The molecule has 0 radical (unpaired) electrons. The Hall–Kier alpha value is -1.18. The van der Waals surface area contributed by atoms with E-state index in [9.17, 15) is 8.42 Å². The molecule has 0 spiro atoms. The van der Waals surface area contributed by atoms with Crippen molar-refractivity contribution in [3.05, 3.63) is 47.9 Å². The highest BCUT2D eigenvalue weighted by Crippen LogP contribution is 2.17. The summed E-state index contributed by atoms with van der Waals surface area (Å²) >= 11 is 3.32. The van der Waals surface area contributed by atoms with E-state index < -0.39 is 10.0 Å². The molecule has 0 aliphatic heterocycles. The number of rotatable bonds is 7. The summed E-state index contributed by atoms with van der Waals surface area (Å²) in [5, 5.41) is 0.727. The second-order valence-corrected chi connectivity index (χ2v) is 7.26. The molecule has 0 bridgehead atoms. The van der Waals surface area contributed by atoms with Crippen LogP contribution in [0.5, 0.6) is 0 Å². The van der Waals surface area contributed by atoms with Crippen LogP contribution in [0.2, 0.25) is 0 Å². The first-order chi connectivity index (χ1) is 10.1. The number of aromatic nitrogens is 2. The van der Waals surface area contributed by atoms with Gasteiger partial charge in [-0.15, -0.1) is 0 Å². The molecule has 7 heteroatoms. The number of benzene rings is 1. The molecule has 1 N–H and O–H groups in total. The third-order valence-electron chi connectivity index (χ3n) is 3.09. The van der Waals surface area contributed by atoms with Crippen molar-refractivity contribution in [3.63, 3.8) is 0 Å². The van der Waals surface area contributed by atoms with Gasteiger partial charge >= 0.3 is 0 Å². The second kappa shape index (κ2) is 7.20. The SMILES string of the molecule is CCc1ncc(S(=O)(=O)N(CCBr)Cc2ccccc2)[nH]1. The smallest absolute Gasteiger partial charge is 0.260 e. The average Bonchev–Trinajstić information content (AvgIpc) is 2.97. The average molecular weight is 372 g/mol. The molecular weight excluding hydrogens is 354 g/mol. The number of nitrogens with zero attached hydrogens (tertiary/aromatic N) is 2. The van der Waals surface area contributed by atoms with Gasteiger partial charge < -0.3 is 4.98 Å². The van der Waals surface area contributed by atoms with Crippen molar-refractivity contribution in [3.8, 4) is 0 Å². The summed E-state index contributed by atoms with van der Waals surface area (Å²) in [4.78, 5) is 6.95. The van der Waals surface area contributed by atoms with E-state index in [-0.39, 0.29) is 5.03 Å². The molecule has 0 aliphatic carbocycles. The van der Waals surface area contributed by atoms with Crippen LogP contribution in [0.1, 0.15) is 18.3 Å². The molecule has 0 atom stereocenters. The molecule has 5 nitrogen and oxygen atoms in total. The Bertz CT molecular complexity index is 671. The van der Waals surface area contributed by atoms with Gasteiger partial charge in [0.25, 0.3) is 10.0 Å². The number of aromatic amines is 1. The van der Waals surface area contributed by atoms with Crippen molar-refractivity contribution >= 4 is 26.0 Å². The van der Waals surface area contributed by atoms with E-state index in [0.29, 0.717) is 30.7 Å². The minimum atomic E-state index is -3.57. The van der Waals surface area contributed by atoms with Crippen LogP contribution in [-0.4, -0.2) is 34.6 Å². The van der Waals surface area contributed by atoms with Gasteiger partial charge in [-0.3, -0.25) is 0 Å². The van der Waals surface area contributed by atoms with Crippen molar-refractivity contribution in [2.24, 2.45) is 0 Å². The molecule has 1 aromatic heterocycles. The number of imidazole rings is 1. The van der Waals surface area contributed by atoms with Crippen molar-refractivity contribution in [1.82, 2.24) is 14.3 Å². The molecule has 0 amide bonds. The summed E-state index contributed by atoms with van der Waals surface area (Å²) in [5.41, 5.74) is 0.956. The van der Waals surface area contributed by atoms with E-state index in [2.05, 4.69) is 25.9 Å². The highest BCUT2D eigenvalue weighted by molar-refractivity contribution is 9.09. The van der Waals surface area contributed by atoms with Crippen LogP contribution in [0.4, 0.5) is 0 Å². The maximum Gasteiger partial charge on any atom is 0.260 e. The third kappa shape index (κ3) is 3.93. The van der Waals surface area contributed by atoms with Crippen molar-refractivity contribution in [2.45, 2.75) is 24.9 Å². The molecule has 1 aromatic carbocycles. The first kappa shape index (κ1) is 16.2. The summed E-state index contributed by atoms with van der Waals surface area (Å²) < 4.78 is 26.8. The minimum Gasteiger partial charge on any atom is -0.332 e. The summed E-state index contributed by atoms with van der Waals surface area (Å²) in [6.45, 7) is 2.67. The lowest BCUT2D eigenvalue weighted by atomic mass is 10.2. The Morgan fingerprint density at radius 3 is 2.57 bits per heavy atom. The third-order valence-corrected chi connectivity index (χ3v) is 5.20. The monoisotopic (exact) mass is 371 g/mol. The summed E-state index contributed by atoms with van der Waals surface area (Å²) in [5.74, 6) is 0.673. The van der Waals surface area contributed by atoms with Gasteiger partial charge in [0.1, 0.15) is 5.82 Å². The van der Waals surface area contributed by atoms with E-state index in [4.69, 9.17) is 0 Å². The van der Waals surface area contributed by atoms with Gasteiger partial charge in [-0.05, 0) is 5.56 Å². The zero-order chi connectivity index (χ0) is 15.3. The number of H-pyrrole nitrogens is 1. The quantitative estimate of drug-likeness (QED) is 0.760. The van der Waals surface area contributed by atoms with E-state index in [0.717, 1.165) is 5.56 Å². The zero-order valence-corrected chi connectivity index (χ0v) is 14.2. The van der Waals surface area contributed by atoms with Gasteiger partial charge in [0, 0.05) is 24.8 Å². The van der Waals surface area contributed by atoms with Gasteiger partial charge in [-0.25, -0.2) is 13.4 Å². The van der Waals surface area contributed by atoms with Crippen molar-refractivity contribution in [2.75, 3.05) is 11.9 Å². The predicted molar refractivity (Wildman–Crippen MR) is 85.8 cm³/mol. The Kier molecular flexibility index (Phi) is 5.55. The Morgan fingerprint density at radius 2 is 2.00 bits per heavy atom. The highest BCUT2D eigenvalue weighted by atomic mass is 79.9. The first-order valence-electron chi connectivity index (χ1n) is 6.72. The lowest BCUT2D eigenvalue weighted by Gasteiger charge is -2.20. The molecule has 2 rings (SSSR count). The summed E-state index contributed by atoms with van der Waals surface area (Å²) in [6, 6.07) is 9.55. The summed E-state index contributed by atoms with van der Waals surface area (Å²) in [6.07, 6.45) is 2.06. The van der Waals surface area contributed by atoms with Gasteiger partial charge in [-0.1, -0.05) is 53.2 Å². The van der Waals surface area contributed by atoms with Crippen molar-refractivity contribution < 1.29 is 8.42 Å². The fraction of sp³-hybridized carbons (Fsp3) is 0.357. The van der Waals surface area contributed by atoms with Crippen LogP contribution in [-0.2, 0) is 23.0 Å². The first-order valence-corrected chi connectivity index (χ1v) is 9.28. The molecule has 0 saturated carbocycles. The molecule has 1 heterocycles. The van der Waals surface area contributed by atoms with Crippen LogP contribution in [0, 0.1) is 0 Å². The standard InChI is InChI=1S/C14H18BrN3O2S/c1-2-13-16-10-14(17-13)21(19,20)18(9-8-15)11-12-6-4-3-5-7-12/h3-7,10H,2,8-9,11H2,1H3,(H,16,17). The van der Waals surface area contributed by atoms with E-state index in [1.807, 2.05) is 37.3 Å². The normalized spacial score (nSPS) is 12.0. The van der Waals surface area contributed by atoms with Crippen LogP contribution < -0.4 is 0 Å². The zero-order valence-electron chi connectivity index (χ0n) is 11.8. The van der Waals surface area contributed by atoms with Gasteiger partial charge in [-0.2, -0.15) is 4.31 Å². The number of hydrogen-bond donors (Lipinski definition) is 1. The minimum absolute atomic E-state index is 0.149. The molecule has 0 fully saturated rings. The molecule has 0 unspecified atom stereocenters. The maximum atomic E-state index is 12.7. The number of hydrogen-bond acceptors (Lipinski definition) is 3. The van der Waals surface area contributed by atoms with E-state index >= 15 is 0 Å². The second-order valence-electron chi connectivity index (χ2n) is 4.56. The number of aryl methyl sites for hydroxylation is 1. The molecule has 0 aliphatic rings. The molecule has 2 aromatic rings. The number of halogens is 1. The fourth-order valence-corrected chi connectivity index (χ4v) is 3.98. The largest absolute Gasteiger partial charge is 0.332 e.